The predicted octanol–water partition coefficient (Wildman–Crippen LogP) is 3.55. The summed E-state index contributed by atoms with van der Waals surface area (Å²) in [6.45, 7) is 7.31. The van der Waals surface area contributed by atoms with Gasteiger partial charge in [0, 0.05) is 37.1 Å². The normalized spacial score (nSPS) is 19.9. The zero-order valence-corrected chi connectivity index (χ0v) is 16.8. The van der Waals surface area contributed by atoms with E-state index in [9.17, 15) is 14.9 Å². The molecule has 2 heterocycles. The van der Waals surface area contributed by atoms with Crippen LogP contribution in [0.2, 0.25) is 0 Å². The molecule has 150 valence electrons. The van der Waals surface area contributed by atoms with Crippen LogP contribution in [0, 0.1) is 22.0 Å². The Bertz CT molecular complexity index is 814. The number of aromatic nitrogens is 1. The maximum atomic E-state index is 12.1. The van der Waals surface area contributed by atoms with E-state index in [4.69, 9.17) is 4.74 Å². The lowest BCUT2D eigenvalue weighted by Crippen LogP contribution is -2.38. The minimum absolute atomic E-state index is 0.0235. The Morgan fingerprint density at radius 2 is 2.00 bits per heavy atom. The summed E-state index contributed by atoms with van der Waals surface area (Å²) in [5, 5.41) is 15.9. The minimum Gasteiger partial charge on any atom is -0.484 e. The number of hydrogen-bond donors (Lipinski definition) is 1. The second-order valence-corrected chi connectivity index (χ2v) is 8.23. The number of nitro benzene ring substituents is 1. The van der Waals surface area contributed by atoms with Crippen molar-refractivity contribution in [2.24, 2.45) is 11.8 Å². The molecule has 0 aliphatic carbocycles. The van der Waals surface area contributed by atoms with Crippen molar-refractivity contribution < 1.29 is 14.5 Å². The second-order valence-electron chi connectivity index (χ2n) is 7.37. The van der Waals surface area contributed by atoms with Crippen LogP contribution in [-0.4, -0.2) is 40.4 Å². The molecule has 2 atom stereocenters. The number of carbonyl (C=O) groups is 1. The number of benzene rings is 1. The molecule has 0 saturated carbocycles. The first-order valence-corrected chi connectivity index (χ1v) is 10.1. The molecule has 0 spiro atoms. The van der Waals surface area contributed by atoms with Gasteiger partial charge in [-0.05, 0) is 30.4 Å². The Balaban J connectivity index is 1.46. The van der Waals surface area contributed by atoms with E-state index in [-0.39, 0.29) is 18.2 Å². The zero-order chi connectivity index (χ0) is 20.1. The van der Waals surface area contributed by atoms with E-state index in [2.05, 4.69) is 29.0 Å². The third kappa shape index (κ3) is 5.74. The highest BCUT2D eigenvalue weighted by Gasteiger charge is 2.22. The summed E-state index contributed by atoms with van der Waals surface area (Å²) in [4.78, 5) is 29.1. The van der Waals surface area contributed by atoms with Crippen molar-refractivity contribution in [1.82, 2.24) is 9.88 Å². The number of rotatable bonds is 7. The first-order chi connectivity index (χ1) is 13.4. The van der Waals surface area contributed by atoms with Gasteiger partial charge in [0.15, 0.2) is 11.7 Å². The third-order valence-electron chi connectivity index (χ3n) is 4.55. The summed E-state index contributed by atoms with van der Waals surface area (Å²) < 4.78 is 5.36. The van der Waals surface area contributed by atoms with Crippen LogP contribution in [0.1, 0.15) is 26.0 Å². The molecular weight excluding hydrogens is 380 g/mol. The number of nitro groups is 1. The SMILES string of the molecule is C[C@@H]1C[C@H](C)CN(Cc2csc(NC(=O)COc3ccc([N+](=O)[O-])cc3)n2)C1. The van der Waals surface area contributed by atoms with Gasteiger partial charge in [0.2, 0.25) is 0 Å². The molecule has 1 N–H and O–H groups in total. The van der Waals surface area contributed by atoms with Crippen LogP contribution in [0.15, 0.2) is 29.6 Å². The molecule has 1 saturated heterocycles. The van der Waals surface area contributed by atoms with E-state index >= 15 is 0 Å². The number of carbonyl (C=O) groups excluding carboxylic acids is 1. The fraction of sp³-hybridized carbons (Fsp3) is 0.474. The van der Waals surface area contributed by atoms with Crippen LogP contribution >= 0.6 is 11.3 Å². The highest BCUT2D eigenvalue weighted by Crippen LogP contribution is 2.24. The Hall–Kier alpha value is -2.52. The van der Waals surface area contributed by atoms with Crippen molar-refractivity contribution in [3.8, 4) is 5.75 Å². The second kappa shape index (κ2) is 9.11. The van der Waals surface area contributed by atoms with Crippen LogP contribution < -0.4 is 10.1 Å². The number of ether oxygens (including phenoxy) is 1. The quantitative estimate of drug-likeness (QED) is 0.560. The van der Waals surface area contributed by atoms with E-state index in [0.29, 0.717) is 22.7 Å². The van der Waals surface area contributed by atoms with E-state index in [1.54, 1.807) is 0 Å². The molecule has 3 rings (SSSR count). The van der Waals surface area contributed by atoms with Gasteiger partial charge in [-0.1, -0.05) is 13.8 Å². The largest absolute Gasteiger partial charge is 0.484 e. The lowest BCUT2D eigenvalue weighted by atomic mass is 9.92. The Labute approximate surface area is 167 Å². The van der Waals surface area contributed by atoms with Crippen LogP contribution in [-0.2, 0) is 11.3 Å². The molecule has 1 aromatic carbocycles. The van der Waals surface area contributed by atoms with Crippen LogP contribution in [0.5, 0.6) is 5.75 Å². The molecule has 1 aliphatic rings. The van der Waals surface area contributed by atoms with Crippen LogP contribution in [0.3, 0.4) is 0 Å². The standard InChI is InChI=1S/C19H24N4O4S/c1-13-7-14(2)9-22(8-13)10-15-12-28-19(20-15)21-18(24)11-27-17-5-3-16(4-6-17)23(25)26/h3-6,12-14H,7-11H2,1-2H3,(H,20,21,24)/t13-,14+. The number of nitrogens with one attached hydrogen (secondary N) is 1. The molecule has 0 bridgehead atoms. The van der Waals surface area contributed by atoms with Gasteiger partial charge in [-0.25, -0.2) is 4.98 Å². The lowest BCUT2D eigenvalue weighted by Gasteiger charge is -2.34. The van der Waals surface area contributed by atoms with Gasteiger partial charge in [-0.15, -0.1) is 11.3 Å². The van der Waals surface area contributed by atoms with Crippen molar-refractivity contribution in [3.05, 3.63) is 45.5 Å². The average molecular weight is 404 g/mol. The number of piperidine rings is 1. The Kier molecular flexibility index (Phi) is 6.58. The van der Waals surface area contributed by atoms with Crippen molar-refractivity contribution in [3.63, 3.8) is 0 Å². The third-order valence-corrected chi connectivity index (χ3v) is 5.35. The molecule has 1 amide bonds. The summed E-state index contributed by atoms with van der Waals surface area (Å²) in [7, 11) is 0. The monoisotopic (exact) mass is 404 g/mol. The summed E-state index contributed by atoms with van der Waals surface area (Å²) in [5.74, 6) is 1.46. The van der Waals surface area contributed by atoms with E-state index in [1.165, 1.54) is 42.0 Å². The van der Waals surface area contributed by atoms with E-state index < -0.39 is 4.92 Å². The van der Waals surface area contributed by atoms with Gasteiger partial charge in [-0.3, -0.25) is 25.1 Å². The lowest BCUT2D eigenvalue weighted by molar-refractivity contribution is -0.384. The summed E-state index contributed by atoms with van der Waals surface area (Å²) >= 11 is 1.39. The number of thiazole rings is 1. The smallest absolute Gasteiger partial charge is 0.269 e. The Morgan fingerprint density at radius 3 is 2.64 bits per heavy atom. The van der Waals surface area contributed by atoms with Crippen LogP contribution in [0.25, 0.3) is 0 Å². The maximum Gasteiger partial charge on any atom is 0.269 e. The molecule has 0 radical (unpaired) electrons. The first kappa shape index (κ1) is 20.2. The minimum atomic E-state index is -0.484. The fourth-order valence-electron chi connectivity index (χ4n) is 3.56. The molecule has 1 fully saturated rings. The molecule has 28 heavy (non-hydrogen) atoms. The zero-order valence-electron chi connectivity index (χ0n) is 16.0. The molecule has 1 aliphatic heterocycles. The van der Waals surface area contributed by atoms with Gasteiger partial charge in [0.1, 0.15) is 5.75 Å². The maximum absolute atomic E-state index is 12.1. The number of anilines is 1. The summed E-state index contributed by atoms with van der Waals surface area (Å²) in [6, 6.07) is 5.60. The summed E-state index contributed by atoms with van der Waals surface area (Å²) in [6.07, 6.45) is 1.27. The molecular formula is C19H24N4O4S. The highest BCUT2D eigenvalue weighted by atomic mass is 32.1. The number of nitrogens with zero attached hydrogens (tertiary/aromatic N) is 3. The summed E-state index contributed by atoms with van der Waals surface area (Å²) in [5.41, 5.74) is 0.933. The molecule has 0 unspecified atom stereocenters. The van der Waals surface area contributed by atoms with Crippen molar-refractivity contribution in [1.29, 1.82) is 0 Å². The number of amides is 1. The Morgan fingerprint density at radius 1 is 1.32 bits per heavy atom. The topological polar surface area (TPSA) is 97.6 Å². The van der Waals surface area contributed by atoms with E-state index in [1.807, 2.05) is 5.38 Å². The highest BCUT2D eigenvalue weighted by molar-refractivity contribution is 7.13. The van der Waals surface area contributed by atoms with E-state index in [0.717, 1.165) is 25.3 Å². The fourth-order valence-corrected chi connectivity index (χ4v) is 4.27. The van der Waals surface area contributed by atoms with Crippen LogP contribution in [0.4, 0.5) is 10.8 Å². The van der Waals surface area contributed by atoms with Gasteiger partial charge < -0.3 is 4.74 Å². The first-order valence-electron chi connectivity index (χ1n) is 9.23. The number of hydrogen-bond acceptors (Lipinski definition) is 7. The predicted molar refractivity (Wildman–Crippen MR) is 108 cm³/mol. The molecule has 2 aromatic rings. The van der Waals surface area contributed by atoms with Crippen molar-refractivity contribution >= 4 is 28.1 Å². The van der Waals surface area contributed by atoms with Gasteiger partial charge >= 0.3 is 0 Å². The average Bonchev–Trinajstić information content (AvgIpc) is 3.06. The van der Waals surface area contributed by atoms with Crippen molar-refractivity contribution in [2.75, 3.05) is 25.0 Å². The molecule has 9 heteroatoms. The number of likely N-dealkylation sites (tertiary alicyclic amines) is 1. The van der Waals surface area contributed by atoms with Gasteiger partial charge in [0.25, 0.3) is 11.6 Å². The van der Waals surface area contributed by atoms with Crippen molar-refractivity contribution in [2.45, 2.75) is 26.8 Å². The number of non-ortho nitro benzene ring substituents is 1. The van der Waals surface area contributed by atoms with Gasteiger partial charge in [0.05, 0.1) is 10.6 Å². The molecule has 8 nitrogen and oxygen atoms in total. The van der Waals surface area contributed by atoms with Gasteiger partial charge in [-0.2, -0.15) is 0 Å². The molecule has 1 aromatic heterocycles.